The van der Waals surface area contributed by atoms with Crippen molar-refractivity contribution in [3.05, 3.63) is 84.7 Å². The van der Waals surface area contributed by atoms with Gasteiger partial charge in [-0.3, -0.25) is 4.79 Å². The molecule has 10 nitrogen and oxygen atoms in total. The first-order valence-electron chi connectivity index (χ1n) is 16.5. The molecule has 7 rings (SSSR count). The van der Waals surface area contributed by atoms with E-state index in [0.717, 1.165) is 81.9 Å². The standard InChI is InChI=1S/C37H41N7O3/c1-22(2)33(43-37(46)47-3)36(45)44-17-5-7-32(44)35-40-21-31(42-35)28-15-14-26-18-25(12-13-27(26)19-28)23-8-10-24(11-9-23)30-20-39-34(41-30)29-6-4-16-38-29/h8-15,18-22,29,32-33,38H,4-7,16-17H2,1-3H3,(H,39,41)(H,40,42)(H,43,46)/t29-,32-,33?/m0/s1. The molecule has 4 heterocycles. The van der Waals surface area contributed by atoms with E-state index in [1.165, 1.54) is 13.5 Å². The van der Waals surface area contributed by atoms with E-state index in [9.17, 15) is 9.59 Å². The number of nitrogens with zero attached hydrogens (tertiary/aromatic N) is 3. The third-order valence-electron chi connectivity index (χ3n) is 9.50. The van der Waals surface area contributed by atoms with Crippen LogP contribution in [0.4, 0.5) is 4.79 Å². The van der Waals surface area contributed by atoms with Crippen LogP contribution in [0, 0.1) is 5.92 Å². The molecule has 0 aliphatic carbocycles. The molecular formula is C37H41N7O3. The van der Waals surface area contributed by atoms with Gasteiger partial charge in [0.15, 0.2) is 0 Å². The van der Waals surface area contributed by atoms with Gasteiger partial charge in [-0.2, -0.15) is 0 Å². The number of ether oxygens (including phenoxy) is 1. The Labute approximate surface area is 274 Å². The van der Waals surface area contributed by atoms with E-state index in [2.05, 4.69) is 86.2 Å². The van der Waals surface area contributed by atoms with Crippen molar-refractivity contribution in [2.45, 2.75) is 57.7 Å². The number of imidazole rings is 2. The summed E-state index contributed by atoms with van der Waals surface area (Å²) in [7, 11) is 1.30. The second-order valence-electron chi connectivity index (χ2n) is 12.9. The SMILES string of the molecule is COC(=O)NC(C(=O)N1CCC[C@H]1c1ncc(-c2ccc3cc(-c4ccc(-c5cnc([C@@H]6CCCN6)[nH]5)cc4)ccc3c2)[nH]1)C(C)C. The van der Waals surface area contributed by atoms with Crippen LogP contribution in [-0.2, 0) is 9.53 Å². The number of nitrogens with one attached hydrogen (secondary N) is 4. The van der Waals surface area contributed by atoms with Gasteiger partial charge in [0, 0.05) is 12.1 Å². The smallest absolute Gasteiger partial charge is 0.407 e. The number of methoxy groups -OCH3 is 1. The maximum absolute atomic E-state index is 13.5. The maximum Gasteiger partial charge on any atom is 0.407 e. The Kier molecular flexibility index (Phi) is 8.51. The first-order chi connectivity index (χ1) is 22.9. The zero-order chi connectivity index (χ0) is 32.5. The van der Waals surface area contributed by atoms with E-state index in [-0.39, 0.29) is 17.9 Å². The van der Waals surface area contributed by atoms with Gasteiger partial charge in [-0.25, -0.2) is 14.8 Å². The fraction of sp³-hybridized carbons (Fsp3) is 0.351. The number of rotatable bonds is 8. The summed E-state index contributed by atoms with van der Waals surface area (Å²) in [5.74, 6) is 1.57. The summed E-state index contributed by atoms with van der Waals surface area (Å²) in [6, 6.07) is 21.1. The van der Waals surface area contributed by atoms with Gasteiger partial charge in [0.05, 0.1) is 43.0 Å². The van der Waals surface area contributed by atoms with Crippen molar-refractivity contribution in [3.8, 4) is 33.6 Å². The Morgan fingerprint density at radius 2 is 1.47 bits per heavy atom. The summed E-state index contributed by atoms with van der Waals surface area (Å²) in [5, 5.41) is 8.50. The highest BCUT2D eigenvalue weighted by Gasteiger charge is 2.37. The molecule has 0 spiro atoms. The van der Waals surface area contributed by atoms with Crippen LogP contribution in [0.3, 0.4) is 0 Å². The van der Waals surface area contributed by atoms with E-state index >= 15 is 0 Å². The van der Waals surface area contributed by atoms with Gasteiger partial charge < -0.3 is 30.2 Å². The summed E-state index contributed by atoms with van der Waals surface area (Å²) < 4.78 is 4.76. The second kappa shape index (κ2) is 13.0. The van der Waals surface area contributed by atoms with Crippen molar-refractivity contribution in [2.24, 2.45) is 5.92 Å². The topological polar surface area (TPSA) is 128 Å². The molecule has 0 saturated carbocycles. The summed E-state index contributed by atoms with van der Waals surface area (Å²) in [5.41, 5.74) is 6.41. The average molecular weight is 632 g/mol. The minimum absolute atomic E-state index is 0.0815. The first-order valence-corrected chi connectivity index (χ1v) is 16.5. The summed E-state index contributed by atoms with van der Waals surface area (Å²) in [6.45, 7) is 5.50. The van der Waals surface area contributed by atoms with Gasteiger partial charge in [0.1, 0.15) is 17.7 Å². The van der Waals surface area contributed by atoms with Crippen molar-refractivity contribution in [1.29, 1.82) is 0 Å². The number of H-pyrrole nitrogens is 2. The molecule has 2 saturated heterocycles. The molecule has 1 unspecified atom stereocenters. The highest BCUT2D eigenvalue weighted by molar-refractivity contribution is 5.91. The summed E-state index contributed by atoms with van der Waals surface area (Å²) >= 11 is 0. The molecule has 0 bridgehead atoms. The van der Waals surface area contributed by atoms with Crippen molar-refractivity contribution >= 4 is 22.8 Å². The van der Waals surface area contributed by atoms with E-state index in [4.69, 9.17) is 9.72 Å². The molecule has 2 aliphatic heterocycles. The predicted octanol–water partition coefficient (Wildman–Crippen LogP) is 6.76. The number of likely N-dealkylation sites (tertiary alicyclic amines) is 1. The number of carbonyl (C=O) groups excluding carboxylic acids is 2. The lowest BCUT2D eigenvalue weighted by Gasteiger charge is -2.30. The highest BCUT2D eigenvalue weighted by Crippen LogP contribution is 2.34. The summed E-state index contributed by atoms with van der Waals surface area (Å²) in [4.78, 5) is 43.6. The zero-order valence-electron chi connectivity index (χ0n) is 27.0. The largest absolute Gasteiger partial charge is 0.453 e. The molecule has 47 heavy (non-hydrogen) atoms. The molecule has 2 fully saturated rings. The van der Waals surface area contributed by atoms with Crippen LogP contribution in [-0.4, -0.2) is 63.1 Å². The maximum atomic E-state index is 13.5. The quantitative estimate of drug-likeness (QED) is 0.150. The number of aromatic amines is 2. The molecule has 4 N–H and O–H groups in total. The monoisotopic (exact) mass is 631 g/mol. The van der Waals surface area contributed by atoms with Crippen molar-refractivity contribution < 1.29 is 14.3 Å². The molecule has 3 aromatic carbocycles. The highest BCUT2D eigenvalue weighted by atomic mass is 16.5. The van der Waals surface area contributed by atoms with Crippen molar-refractivity contribution in [1.82, 2.24) is 35.5 Å². The predicted molar refractivity (Wildman–Crippen MR) is 182 cm³/mol. The number of hydrogen-bond donors (Lipinski definition) is 4. The molecule has 2 aliphatic rings. The van der Waals surface area contributed by atoms with Gasteiger partial charge >= 0.3 is 6.09 Å². The van der Waals surface area contributed by atoms with Crippen LogP contribution >= 0.6 is 0 Å². The average Bonchev–Trinajstić information content (AvgIpc) is 3.93. The van der Waals surface area contributed by atoms with Gasteiger partial charge in [-0.1, -0.05) is 62.4 Å². The lowest BCUT2D eigenvalue weighted by Crippen LogP contribution is -2.51. The molecule has 3 atom stereocenters. The Bertz CT molecular complexity index is 1890. The van der Waals surface area contributed by atoms with Crippen LogP contribution in [0.1, 0.15) is 63.3 Å². The third-order valence-corrected chi connectivity index (χ3v) is 9.50. The van der Waals surface area contributed by atoms with Crippen LogP contribution in [0.2, 0.25) is 0 Å². The van der Waals surface area contributed by atoms with Crippen molar-refractivity contribution in [2.75, 3.05) is 20.2 Å². The normalized spacial score (nSPS) is 18.6. The van der Waals surface area contributed by atoms with Crippen LogP contribution in [0.5, 0.6) is 0 Å². The number of amides is 2. The van der Waals surface area contributed by atoms with Gasteiger partial charge in [-0.15, -0.1) is 0 Å². The van der Waals surface area contributed by atoms with Crippen molar-refractivity contribution in [3.63, 3.8) is 0 Å². The number of hydrogen-bond acceptors (Lipinski definition) is 6. The molecule has 2 aromatic heterocycles. The van der Waals surface area contributed by atoms with Crippen LogP contribution in [0.15, 0.2) is 73.1 Å². The number of benzene rings is 3. The third kappa shape index (κ3) is 6.25. The van der Waals surface area contributed by atoms with Crippen LogP contribution in [0.25, 0.3) is 44.4 Å². The lowest BCUT2D eigenvalue weighted by molar-refractivity contribution is -0.135. The number of aromatic nitrogens is 4. The van der Waals surface area contributed by atoms with Gasteiger partial charge in [0.2, 0.25) is 5.91 Å². The molecule has 242 valence electrons. The molecule has 5 aromatic rings. The first kappa shape index (κ1) is 30.7. The number of carbonyl (C=O) groups is 2. The zero-order valence-corrected chi connectivity index (χ0v) is 27.0. The van der Waals surface area contributed by atoms with Gasteiger partial charge in [-0.05, 0) is 77.7 Å². The Morgan fingerprint density at radius 1 is 0.830 bits per heavy atom. The fourth-order valence-electron chi connectivity index (χ4n) is 6.86. The number of alkyl carbamates (subject to hydrolysis) is 1. The minimum Gasteiger partial charge on any atom is -0.453 e. The minimum atomic E-state index is -0.663. The second-order valence-corrected chi connectivity index (χ2v) is 12.9. The Hall–Kier alpha value is -4.96. The van der Waals surface area contributed by atoms with E-state index in [0.29, 0.717) is 12.6 Å². The molecule has 0 radical (unpaired) electrons. The Balaban J connectivity index is 1.06. The molecular weight excluding hydrogens is 590 g/mol. The Morgan fingerprint density at radius 3 is 2.17 bits per heavy atom. The van der Waals surface area contributed by atoms with E-state index < -0.39 is 12.1 Å². The van der Waals surface area contributed by atoms with Gasteiger partial charge in [0.25, 0.3) is 0 Å². The fourth-order valence-corrected chi connectivity index (χ4v) is 6.86. The van der Waals surface area contributed by atoms with Crippen LogP contribution < -0.4 is 10.6 Å². The molecule has 10 heteroatoms. The van der Waals surface area contributed by atoms with E-state index in [1.54, 1.807) is 0 Å². The lowest BCUT2D eigenvalue weighted by atomic mass is 9.98. The number of fused-ring (bicyclic) bond motifs is 1. The summed E-state index contributed by atoms with van der Waals surface area (Å²) in [6.07, 6.45) is 7.16. The van der Waals surface area contributed by atoms with E-state index in [1.807, 2.05) is 31.1 Å². The molecule has 2 amide bonds.